The van der Waals surface area contributed by atoms with Gasteiger partial charge in [-0.15, -0.1) is 0 Å². The third kappa shape index (κ3) is 3.58. The van der Waals surface area contributed by atoms with Crippen molar-refractivity contribution in [2.24, 2.45) is 0 Å². The minimum Gasteiger partial charge on any atom is -0.336 e. The molecule has 0 bridgehead atoms. The van der Waals surface area contributed by atoms with E-state index >= 15 is 0 Å². The summed E-state index contributed by atoms with van der Waals surface area (Å²) in [6, 6.07) is 6.35. The van der Waals surface area contributed by atoms with Crippen molar-refractivity contribution in [2.45, 2.75) is 51.2 Å². The van der Waals surface area contributed by atoms with Gasteiger partial charge in [-0.05, 0) is 43.5 Å². The number of rotatable bonds is 4. The largest absolute Gasteiger partial charge is 0.336 e. The summed E-state index contributed by atoms with van der Waals surface area (Å²) in [6.45, 7) is 3.73. The summed E-state index contributed by atoms with van der Waals surface area (Å²) in [5, 5.41) is 8.09. The highest BCUT2D eigenvalue weighted by Crippen LogP contribution is 2.32. The number of carbonyl (C=O) groups is 1. The molecule has 0 aliphatic carbocycles. The molecule has 2 aromatic rings. The summed E-state index contributed by atoms with van der Waals surface area (Å²) in [7, 11) is 0. The first-order valence-corrected chi connectivity index (χ1v) is 9.27. The maximum Gasteiger partial charge on any atom is 0.223 e. The van der Waals surface area contributed by atoms with E-state index in [1.807, 2.05) is 17.2 Å². The molecule has 132 valence electrons. The fourth-order valence-electron chi connectivity index (χ4n) is 3.91. The Kier molecular flexibility index (Phi) is 4.78. The van der Waals surface area contributed by atoms with E-state index < -0.39 is 0 Å². The van der Waals surface area contributed by atoms with Crippen molar-refractivity contribution in [3.05, 3.63) is 47.5 Å². The highest BCUT2D eigenvalue weighted by molar-refractivity contribution is 5.77. The van der Waals surface area contributed by atoms with Crippen molar-refractivity contribution in [2.75, 3.05) is 13.1 Å². The van der Waals surface area contributed by atoms with Gasteiger partial charge in [0.1, 0.15) is 0 Å². The number of fused-ring (bicyclic) bond motifs is 1. The number of aryl methyl sites for hydroxylation is 2. The van der Waals surface area contributed by atoms with Gasteiger partial charge in [0.15, 0.2) is 0 Å². The van der Waals surface area contributed by atoms with Gasteiger partial charge in [-0.1, -0.05) is 6.07 Å². The maximum atomic E-state index is 12.8. The van der Waals surface area contributed by atoms with Gasteiger partial charge in [0.05, 0.1) is 17.4 Å². The highest BCUT2D eigenvalue weighted by atomic mass is 16.2. The molecule has 6 heteroatoms. The second-order valence-electron chi connectivity index (χ2n) is 6.91. The van der Waals surface area contributed by atoms with Crippen LogP contribution in [0.3, 0.4) is 0 Å². The quantitative estimate of drug-likeness (QED) is 0.926. The lowest BCUT2D eigenvalue weighted by molar-refractivity contribution is -0.132. The summed E-state index contributed by atoms with van der Waals surface area (Å²) in [4.78, 5) is 19.0. The van der Waals surface area contributed by atoms with Crippen LogP contribution in [0.15, 0.2) is 30.6 Å². The predicted octanol–water partition coefficient (Wildman–Crippen LogP) is 2.07. The third-order valence-electron chi connectivity index (χ3n) is 5.18. The lowest BCUT2D eigenvalue weighted by Gasteiger charge is -2.24. The molecule has 0 saturated carbocycles. The molecule has 4 heterocycles. The number of hydrogen-bond donors (Lipinski definition) is 1. The van der Waals surface area contributed by atoms with Gasteiger partial charge in [0.25, 0.3) is 0 Å². The molecule has 0 radical (unpaired) electrons. The van der Waals surface area contributed by atoms with Crippen LogP contribution >= 0.6 is 0 Å². The van der Waals surface area contributed by atoms with Crippen molar-refractivity contribution in [3.8, 4) is 0 Å². The van der Waals surface area contributed by atoms with Gasteiger partial charge in [0.2, 0.25) is 5.91 Å². The van der Waals surface area contributed by atoms with Crippen molar-refractivity contribution in [3.63, 3.8) is 0 Å². The van der Waals surface area contributed by atoms with Crippen LogP contribution < -0.4 is 5.32 Å². The Labute approximate surface area is 148 Å². The van der Waals surface area contributed by atoms with Crippen LogP contribution in [-0.2, 0) is 24.3 Å². The molecule has 2 aromatic heterocycles. The summed E-state index contributed by atoms with van der Waals surface area (Å²) in [5.74, 6) is 0.229. The van der Waals surface area contributed by atoms with Crippen LogP contribution in [0.5, 0.6) is 0 Å². The molecular weight excluding hydrogens is 314 g/mol. The van der Waals surface area contributed by atoms with E-state index in [1.165, 1.54) is 5.69 Å². The Morgan fingerprint density at radius 2 is 2.28 bits per heavy atom. The van der Waals surface area contributed by atoms with Gasteiger partial charge in [-0.3, -0.25) is 14.5 Å². The number of pyridine rings is 1. The summed E-state index contributed by atoms with van der Waals surface area (Å²) >= 11 is 0. The van der Waals surface area contributed by atoms with Crippen molar-refractivity contribution in [1.82, 2.24) is 25.0 Å². The second-order valence-corrected chi connectivity index (χ2v) is 6.91. The van der Waals surface area contributed by atoms with Crippen LogP contribution in [0.2, 0.25) is 0 Å². The van der Waals surface area contributed by atoms with Crippen LogP contribution in [-0.4, -0.2) is 38.7 Å². The zero-order chi connectivity index (χ0) is 17.1. The SMILES string of the molecule is O=C(CCc1cc2n(n1)CCCNC2)N1CCC[C@H]1c1cccnc1. The van der Waals surface area contributed by atoms with Gasteiger partial charge in [0, 0.05) is 44.9 Å². The minimum absolute atomic E-state index is 0.184. The van der Waals surface area contributed by atoms with Gasteiger partial charge in [-0.25, -0.2) is 0 Å². The topological polar surface area (TPSA) is 63.1 Å². The highest BCUT2D eigenvalue weighted by Gasteiger charge is 2.29. The molecule has 1 N–H and O–H groups in total. The van der Waals surface area contributed by atoms with Gasteiger partial charge in [-0.2, -0.15) is 5.10 Å². The lowest BCUT2D eigenvalue weighted by Crippen LogP contribution is -2.30. The Morgan fingerprint density at radius 1 is 1.32 bits per heavy atom. The Morgan fingerprint density at radius 3 is 3.16 bits per heavy atom. The Hall–Kier alpha value is -2.21. The average Bonchev–Trinajstić information content (AvgIpc) is 3.23. The molecule has 0 spiro atoms. The number of likely N-dealkylation sites (tertiary alicyclic amines) is 1. The zero-order valence-electron chi connectivity index (χ0n) is 14.5. The number of nitrogens with zero attached hydrogens (tertiary/aromatic N) is 4. The average molecular weight is 339 g/mol. The summed E-state index contributed by atoms with van der Waals surface area (Å²) in [6.07, 6.45) is 8.11. The number of amides is 1. The summed E-state index contributed by atoms with van der Waals surface area (Å²) in [5.41, 5.74) is 3.41. The van der Waals surface area contributed by atoms with Crippen LogP contribution in [0.4, 0.5) is 0 Å². The smallest absolute Gasteiger partial charge is 0.223 e. The van der Waals surface area contributed by atoms with Crippen LogP contribution in [0, 0.1) is 0 Å². The second kappa shape index (κ2) is 7.35. The maximum absolute atomic E-state index is 12.8. The summed E-state index contributed by atoms with van der Waals surface area (Å²) < 4.78 is 2.09. The predicted molar refractivity (Wildman–Crippen MR) is 94.8 cm³/mol. The Bertz CT molecular complexity index is 703. The van der Waals surface area contributed by atoms with E-state index in [-0.39, 0.29) is 11.9 Å². The van der Waals surface area contributed by atoms with Crippen molar-refractivity contribution >= 4 is 5.91 Å². The third-order valence-corrected chi connectivity index (χ3v) is 5.18. The molecule has 1 saturated heterocycles. The molecule has 1 amide bonds. The molecule has 1 fully saturated rings. The number of nitrogens with one attached hydrogen (secondary N) is 1. The molecule has 4 rings (SSSR count). The van der Waals surface area contributed by atoms with E-state index in [2.05, 4.69) is 32.2 Å². The number of aromatic nitrogens is 3. The molecule has 0 aromatic carbocycles. The first-order valence-electron chi connectivity index (χ1n) is 9.27. The van der Waals surface area contributed by atoms with Gasteiger partial charge >= 0.3 is 0 Å². The monoisotopic (exact) mass is 339 g/mol. The normalized spacial score (nSPS) is 20.3. The first-order chi connectivity index (χ1) is 12.3. The van der Waals surface area contributed by atoms with Crippen molar-refractivity contribution in [1.29, 1.82) is 0 Å². The molecular formula is C19H25N5O. The zero-order valence-corrected chi connectivity index (χ0v) is 14.5. The van der Waals surface area contributed by atoms with E-state index in [9.17, 15) is 4.79 Å². The first kappa shape index (κ1) is 16.3. The standard InChI is InChI=1S/C19H25N5O/c25-19(23-10-2-5-18(23)15-4-1-8-20-13-15)7-6-16-12-17-14-21-9-3-11-24(17)22-16/h1,4,8,12-13,18,21H,2-3,5-7,9-11,14H2/t18-/m0/s1. The van der Waals surface area contributed by atoms with Crippen LogP contribution in [0.25, 0.3) is 0 Å². The van der Waals surface area contributed by atoms with E-state index in [4.69, 9.17) is 0 Å². The molecule has 25 heavy (non-hydrogen) atoms. The van der Waals surface area contributed by atoms with E-state index in [1.54, 1.807) is 6.20 Å². The Balaban J connectivity index is 1.39. The van der Waals surface area contributed by atoms with Gasteiger partial charge < -0.3 is 10.2 Å². The fourth-order valence-corrected chi connectivity index (χ4v) is 3.91. The van der Waals surface area contributed by atoms with Crippen LogP contribution in [0.1, 0.15) is 48.7 Å². The number of carbonyl (C=O) groups excluding carboxylic acids is 1. The minimum atomic E-state index is 0.184. The fraction of sp³-hybridized carbons (Fsp3) is 0.526. The number of hydrogen-bond acceptors (Lipinski definition) is 4. The van der Waals surface area contributed by atoms with E-state index in [0.29, 0.717) is 6.42 Å². The van der Waals surface area contributed by atoms with Crippen molar-refractivity contribution < 1.29 is 4.79 Å². The molecule has 2 aliphatic heterocycles. The van der Waals surface area contributed by atoms with E-state index in [0.717, 1.165) is 63.1 Å². The molecule has 2 aliphatic rings. The molecule has 1 atom stereocenters. The lowest BCUT2D eigenvalue weighted by atomic mass is 10.1. The molecule has 0 unspecified atom stereocenters. The molecule has 6 nitrogen and oxygen atoms in total.